The highest BCUT2D eigenvalue weighted by atomic mass is 79.9. The molecule has 0 radical (unpaired) electrons. The molecule has 19 heavy (non-hydrogen) atoms. The maximum atomic E-state index is 11.0. The van der Waals surface area contributed by atoms with Crippen molar-refractivity contribution in [2.24, 2.45) is 0 Å². The van der Waals surface area contributed by atoms with Crippen LogP contribution >= 0.6 is 15.9 Å². The van der Waals surface area contributed by atoms with Crippen LogP contribution in [0.3, 0.4) is 0 Å². The maximum Gasteiger partial charge on any atom is 0.274 e. The van der Waals surface area contributed by atoms with Gasteiger partial charge in [-0.25, -0.2) is 4.68 Å². The van der Waals surface area contributed by atoms with Crippen molar-refractivity contribution in [1.29, 1.82) is 0 Å². The molecule has 100 valence electrons. The molecule has 0 amide bonds. The highest BCUT2D eigenvalue weighted by Gasteiger charge is 2.15. The van der Waals surface area contributed by atoms with Gasteiger partial charge in [0.2, 0.25) is 0 Å². The van der Waals surface area contributed by atoms with Gasteiger partial charge in [-0.1, -0.05) is 0 Å². The average Bonchev–Trinajstić information content (AvgIpc) is 2.77. The fourth-order valence-corrected chi connectivity index (χ4v) is 2.43. The largest absolute Gasteiger partial charge is 0.314 e. The van der Waals surface area contributed by atoms with E-state index in [4.69, 9.17) is 0 Å². The van der Waals surface area contributed by atoms with E-state index in [1.54, 1.807) is 23.9 Å². The number of aryl methyl sites for hydroxylation is 1. The third kappa shape index (κ3) is 2.82. The molecule has 1 N–H and O–H groups in total. The van der Waals surface area contributed by atoms with Gasteiger partial charge in [-0.3, -0.25) is 10.1 Å². The minimum absolute atomic E-state index is 0.0869. The van der Waals surface area contributed by atoms with Gasteiger partial charge < -0.3 is 5.32 Å². The van der Waals surface area contributed by atoms with Crippen molar-refractivity contribution in [3.8, 4) is 5.69 Å². The van der Waals surface area contributed by atoms with Gasteiger partial charge in [-0.2, -0.15) is 5.10 Å². The van der Waals surface area contributed by atoms with Gasteiger partial charge in [0.05, 0.1) is 16.3 Å². The topological polar surface area (TPSA) is 73.0 Å². The van der Waals surface area contributed by atoms with Crippen LogP contribution in [0.25, 0.3) is 5.69 Å². The summed E-state index contributed by atoms with van der Waals surface area (Å²) in [4.78, 5) is 10.6. The molecule has 1 heterocycles. The van der Waals surface area contributed by atoms with Gasteiger partial charge in [0.15, 0.2) is 0 Å². The van der Waals surface area contributed by atoms with Crippen molar-refractivity contribution in [1.82, 2.24) is 15.1 Å². The molecule has 1 aromatic heterocycles. The molecule has 2 aromatic rings. The van der Waals surface area contributed by atoms with E-state index >= 15 is 0 Å². The number of nitro benzene ring substituents is 1. The Morgan fingerprint density at radius 1 is 1.53 bits per heavy atom. The normalized spacial score (nSPS) is 10.7. The standard InChI is InChI=1S/C12H13BrN4O2/c1-8-5-10(13)12(6-11(8)17(18)19)16-4-3-9(15-16)7-14-2/h3-6,14H,7H2,1-2H3. The Labute approximate surface area is 118 Å². The van der Waals surface area contributed by atoms with Crippen LogP contribution in [0.15, 0.2) is 28.9 Å². The first kappa shape index (κ1) is 13.7. The number of nitrogens with zero attached hydrogens (tertiary/aromatic N) is 3. The number of hydrogen-bond acceptors (Lipinski definition) is 4. The Balaban J connectivity index is 2.48. The molecule has 7 heteroatoms. The molecule has 1 aromatic carbocycles. The molecule has 0 aliphatic carbocycles. The summed E-state index contributed by atoms with van der Waals surface area (Å²) in [5.74, 6) is 0. The number of nitro groups is 1. The SMILES string of the molecule is CNCc1ccn(-c2cc([N+](=O)[O-])c(C)cc2Br)n1. The van der Waals surface area contributed by atoms with E-state index in [-0.39, 0.29) is 10.6 Å². The molecule has 0 bridgehead atoms. The molecular formula is C12H13BrN4O2. The zero-order valence-electron chi connectivity index (χ0n) is 10.6. The van der Waals surface area contributed by atoms with Gasteiger partial charge in [0.25, 0.3) is 5.69 Å². The van der Waals surface area contributed by atoms with Gasteiger partial charge >= 0.3 is 0 Å². The molecule has 6 nitrogen and oxygen atoms in total. The summed E-state index contributed by atoms with van der Waals surface area (Å²) >= 11 is 3.42. The minimum Gasteiger partial charge on any atom is -0.314 e. The molecule has 0 saturated carbocycles. The Kier molecular flexibility index (Phi) is 3.96. The molecule has 0 aliphatic heterocycles. The summed E-state index contributed by atoms with van der Waals surface area (Å²) in [6.07, 6.45) is 1.78. The van der Waals surface area contributed by atoms with E-state index in [1.807, 2.05) is 13.1 Å². The van der Waals surface area contributed by atoms with Crippen LogP contribution < -0.4 is 5.32 Å². The number of benzene rings is 1. The van der Waals surface area contributed by atoms with Gasteiger partial charge in [0.1, 0.15) is 0 Å². The predicted octanol–water partition coefficient (Wildman–Crippen LogP) is 2.57. The van der Waals surface area contributed by atoms with Crippen LogP contribution in [-0.4, -0.2) is 21.8 Å². The van der Waals surface area contributed by atoms with Crippen LogP contribution in [0.4, 0.5) is 5.69 Å². The fraction of sp³-hybridized carbons (Fsp3) is 0.250. The maximum absolute atomic E-state index is 11.0. The summed E-state index contributed by atoms with van der Waals surface area (Å²) in [7, 11) is 1.84. The molecule has 0 unspecified atom stereocenters. The minimum atomic E-state index is -0.386. The molecule has 0 saturated heterocycles. The van der Waals surface area contributed by atoms with Gasteiger partial charge in [-0.05, 0) is 42.0 Å². The second kappa shape index (κ2) is 5.50. The lowest BCUT2D eigenvalue weighted by atomic mass is 10.2. The summed E-state index contributed by atoms with van der Waals surface area (Å²) < 4.78 is 2.40. The quantitative estimate of drug-likeness (QED) is 0.693. The zero-order chi connectivity index (χ0) is 14.0. The number of rotatable bonds is 4. The van der Waals surface area contributed by atoms with E-state index in [9.17, 15) is 10.1 Å². The third-order valence-electron chi connectivity index (χ3n) is 2.71. The molecular weight excluding hydrogens is 312 g/mol. The van der Waals surface area contributed by atoms with Crippen LogP contribution in [0.5, 0.6) is 0 Å². The van der Waals surface area contributed by atoms with Crippen molar-refractivity contribution >= 4 is 21.6 Å². The first-order chi connectivity index (χ1) is 9.02. The van der Waals surface area contributed by atoms with Gasteiger partial charge in [-0.15, -0.1) is 0 Å². The number of halogens is 1. The van der Waals surface area contributed by atoms with Crippen molar-refractivity contribution in [3.63, 3.8) is 0 Å². The molecule has 0 spiro atoms. The lowest BCUT2D eigenvalue weighted by molar-refractivity contribution is -0.385. The predicted molar refractivity (Wildman–Crippen MR) is 75.4 cm³/mol. The monoisotopic (exact) mass is 324 g/mol. The Bertz CT molecular complexity index is 624. The summed E-state index contributed by atoms with van der Waals surface area (Å²) in [5, 5.41) is 18.3. The van der Waals surface area contributed by atoms with E-state index in [1.165, 1.54) is 6.07 Å². The van der Waals surface area contributed by atoms with Crippen LogP contribution in [-0.2, 0) is 6.54 Å². The van der Waals surface area contributed by atoms with Crippen molar-refractivity contribution < 1.29 is 4.92 Å². The molecule has 2 rings (SSSR count). The Morgan fingerprint density at radius 3 is 2.89 bits per heavy atom. The summed E-state index contributed by atoms with van der Waals surface area (Å²) in [6, 6.07) is 5.12. The van der Waals surface area contributed by atoms with E-state index in [0.29, 0.717) is 17.8 Å². The van der Waals surface area contributed by atoms with Crippen LogP contribution in [0.2, 0.25) is 0 Å². The molecule has 0 fully saturated rings. The number of nitrogens with one attached hydrogen (secondary N) is 1. The van der Waals surface area contributed by atoms with Crippen molar-refractivity contribution in [2.75, 3.05) is 7.05 Å². The Hall–Kier alpha value is -1.73. The number of aromatic nitrogens is 2. The Morgan fingerprint density at radius 2 is 2.26 bits per heavy atom. The first-order valence-corrected chi connectivity index (χ1v) is 6.46. The van der Waals surface area contributed by atoms with E-state index in [0.717, 1.165) is 10.2 Å². The fourth-order valence-electron chi connectivity index (χ4n) is 1.79. The lowest BCUT2D eigenvalue weighted by Gasteiger charge is -2.06. The first-order valence-electron chi connectivity index (χ1n) is 5.67. The summed E-state index contributed by atoms with van der Waals surface area (Å²) in [6.45, 7) is 2.36. The van der Waals surface area contributed by atoms with E-state index < -0.39 is 0 Å². The second-order valence-corrected chi connectivity index (χ2v) is 4.98. The lowest BCUT2D eigenvalue weighted by Crippen LogP contribution is -2.07. The molecule has 0 aliphatic rings. The smallest absolute Gasteiger partial charge is 0.274 e. The molecule has 0 atom stereocenters. The highest BCUT2D eigenvalue weighted by Crippen LogP contribution is 2.29. The van der Waals surface area contributed by atoms with Crippen LogP contribution in [0, 0.1) is 17.0 Å². The second-order valence-electron chi connectivity index (χ2n) is 4.13. The average molecular weight is 325 g/mol. The highest BCUT2D eigenvalue weighted by molar-refractivity contribution is 9.10. The zero-order valence-corrected chi connectivity index (χ0v) is 12.1. The number of hydrogen-bond donors (Lipinski definition) is 1. The van der Waals surface area contributed by atoms with E-state index in [2.05, 4.69) is 26.3 Å². The third-order valence-corrected chi connectivity index (χ3v) is 3.35. The van der Waals surface area contributed by atoms with Crippen LogP contribution in [0.1, 0.15) is 11.3 Å². The van der Waals surface area contributed by atoms with Crippen molar-refractivity contribution in [3.05, 3.63) is 50.2 Å². The summed E-state index contributed by atoms with van der Waals surface area (Å²) in [5.41, 5.74) is 2.23. The van der Waals surface area contributed by atoms with Crippen molar-refractivity contribution in [2.45, 2.75) is 13.5 Å². The van der Waals surface area contributed by atoms with Gasteiger partial charge in [0, 0.05) is 28.8 Å².